The molecule has 2 aromatic carbocycles. The number of ether oxygens (including phenoxy) is 1. The molecule has 0 atom stereocenters. The van der Waals surface area contributed by atoms with E-state index in [-0.39, 0.29) is 17.4 Å². The molecular formula is C23H28N4O4S. The summed E-state index contributed by atoms with van der Waals surface area (Å²) in [5.41, 5.74) is 3.23. The van der Waals surface area contributed by atoms with Gasteiger partial charge in [0.1, 0.15) is 5.75 Å². The van der Waals surface area contributed by atoms with E-state index in [1.165, 1.54) is 12.1 Å². The largest absolute Gasteiger partial charge is 0.484 e. The van der Waals surface area contributed by atoms with E-state index in [4.69, 9.17) is 4.74 Å². The molecule has 0 spiro atoms. The second-order valence-corrected chi connectivity index (χ2v) is 9.31. The van der Waals surface area contributed by atoms with Crippen LogP contribution < -0.4 is 14.8 Å². The summed E-state index contributed by atoms with van der Waals surface area (Å²) in [5, 5.41) is 2.80. The van der Waals surface area contributed by atoms with Crippen LogP contribution in [0.15, 0.2) is 60.0 Å². The van der Waals surface area contributed by atoms with E-state index in [1.807, 2.05) is 30.7 Å². The summed E-state index contributed by atoms with van der Waals surface area (Å²) >= 11 is 0. The molecule has 9 heteroatoms. The number of sulfonamides is 1. The summed E-state index contributed by atoms with van der Waals surface area (Å²) in [6, 6.07) is 9.97. The summed E-state index contributed by atoms with van der Waals surface area (Å²) in [6.45, 7) is 6.80. The average molecular weight is 457 g/mol. The molecular weight excluding hydrogens is 428 g/mol. The number of carbonyl (C=O) groups excluding carboxylic acids is 1. The zero-order chi connectivity index (χ0) is 23.1. The van der Waals surface area contributed by atoms with Crippen molar-refractivity contribution in [3.05, 3.63) is 71.8 Å². The number of nitrogens with one attached hydrogen (secondary N) is 2. The normalized spacial score (nSPS) is 11.2. The Hall–Kier alpha value is -3.33. The smallest absolute Gasteiger partial charge is 0.261 e. The van der Waals surface area contributed by atoms with Crippen molar-refractivity contribution in [2.45, 2.75) is 38.6 Å². The van der Waals surface area contributed by atoms with Crippen LogP contribution in [0, 0.1) is 20.8 Å². The minimum atomic E-state index is -3.74. The predicted molar refractivity (Wildman–Crippen MR) is 123 cm³/mol. The maximum Gasteiger partial charge on any atom is 0.261 e. The highest BCUT2D eigenvalue weighted by Gasteiger charge is 2.16. The summed E-state index contributed by atoms with van der Waals surface area (Å²) < 4.78 is 35.6. The number of hydrogen-bond donors (Lipinski definition) is 2. The van der Waals surface area contributed by atoms with Gasteiger partial charge in [-0.3, -0.25) is 9.52 Å². The molecule has 32 heavy (non-hydrogen) atoms. The van der Waals surface area contributed by atoms with E-state index in [0.29, 0.717) is 23.5 Å². The lowest BCUT2D eigenvalue weighted by atomic mass is 10.1. The monoisotopic (exact) mass is 456 g/mol. The first-order valence-corrected chi connectivity index (χ1v) is 11.8. The number of imidazole rings is 1. The van der Waals surface area contributed by atoms with Crippen LogP contribution in [0.1, 0.15) is 23.1 Å². The van der Waals surface area contributed by atoms with Crippen LogP contribution in [0.2, 0.25) is 0 Å². The summed E-state index contributed by atoms with van der Waals surface area (Å²) in [6.07, 6.45) is 6.09. The molecule has 0 aliphatic carbocycles. The van der Waals surface area contributed by atoms with E-state index >= 15 is 0 Å². The van der Waals surface area contributed by atoms with Crippen molar-refractivity contribution in [1.82, 2.24) is 14.9 Å². The standard InChI is InChI=1S/C23H28N4O4S/c1-17-5-6-20(13-18(17)2)26-32(29,30)21-7-8-22(19(3)14-21)31-15-23(28)25-9-4-11-27-12-10-24-16-27/h5-8,10,12-14,16,26H,4,9,11,15H2,1-3H3,(H,25,28). The highest BCUT2D eigenvalue weighted by atomic mass is 32.2. The molecule has 0 saturated heterocycles. The van der Waals surface area contributed by atoms with E-state index in [9.17, 15) is 13.2 Å². The number of amides is 1. The van der Waals surface area contributed by atoms with Crippen LogP contribution in [-0.2, 0) is 21.4 Å². The maximum absolute atomic E-state index is 12.7. The lowest BCUT2D eigenvalue weighted by Crippen LogP contribution is -2.30. The quantitative estimate of drug-likeness (QED) is 0.456. The van der Waals surface area contributed by atoms with Gasteiger partial charge in [-0.05, 0) is 74.2 Å². The molecule has 3 rings (SSSR count). The Kier molecular flexibility index (Phi) is 7.53. The molecule has 2 N–H and O–H groups in total. The fraction of sp³-hybridized carbons (Fsp3) is 0.304. The van der Waals surface area contributed by atoms with Crippen molar-refractivity contribution < 1.29 is 17.9 Å². The van der Waals surface area contributed by atoms with Crippen molar-refractivity contribution in [2.75, 3.05) is 17.9 Å². The van der Waals surface area contributed by atoms with Crippen LogP contribution in [0.4, 0.5) is 5.69 Å². The van der Waals surface area contributed by atoms with Gasteiger partial charge in [0.05, 0.1) is 11.2 Å². The van der Waals surface area contributed by atoms with Gasteiger partial charge in [-0.1, -0.05) is 6.07 Å². The van der Waals surface area contributed by atoms with Gasteiger partial charge < -0.3 is 14.6 Å². The number of benzene rings is 2. The van der Waals surface area contributed by atoms with E-state index < -0.39 is 10.0 Å². The molecule has 1 heterocycles. The van der Waals surface area contributed by atoms with Crippen molar-refractivity contribution in [1.29, 1.82) is 0 Å². The molecule has 1 aromatic heterocycles. The zero-order valence-corrected chi connectivity index (χ0v) is 19.3. The number of carbonyl (C=O) groups is 1. The third-order valence-electron chi connectivity index (χ3n) is 5.05. The molecule has 0 aliphatic rings. The lowest BCUT2D eigenvalue weighted by molar-refractivity contribution is -0.123. The molecule has 3 aromatic rings. The molecule has 0 saturated carbocycles. The van der Waals surface area contributed by atoms with Crippen LogP contribution in [0.5, 0.6) is 5.75 Å². The van der Waals surface area contributed by atoms with Crippen molar-refractivity contribution in [3.8, 4) is 5.75 Å². The second-order valence-electron chi connectivity index (χ2n) is 7.62. The summed E-state index contributed by atoms with van der Waals surface area (Å²) in [5.74, 6) is 0.229. The van der Waals surface area contributed by atoms with Gasteiger partial charge >= 0.3 is 0 Å². The number of hydrogen-bond acceptors (Lipinski definition) is 5. The molecule has 0 aliphatic heterocycles. The van der Waals surface area contributed by atoms with Gasteiger partial charge in [-0.25, -0.2) is 13.4 Å². The van der Waals surface area contributed by atoms with Gasteiger partial charge in [0.25, 0.3) is 15.9 Å². The number of nitrogens with zero attached hydrogens (tertiary/aromatic N) is 2. The maximum atomic E-state index is 12.7. The first kappa shape index (κ1) is 23.3. The molecule has 0 fully saturated rings. The zero-order valence-electron chi connectivity index (χ0n) is 18.5. The average Bonchev–Trinajstić information content (AvgIpc) is 3.26. The minimum Gasteiger partial charge on any atom is -0.484 e. The fourth-order valence-corrected chi connectivity index (χ4v) is 4.21. The highest BCUT2D eigenvalue weighted by molar-refractivity contribution is 7.92. The van der Waals surface area contributed by atoms with E-state index in [2.05, 4.69) is 15.0 Å². The molecule has 0 radical (unpaired) electrons. The number of rotatable bonds is 10. The SMILES string of the molecule is Cc1ccc(NS(=O)(=O)c2ccc(OCC(=O)NCCCn3ccnc3)c(C)c2)cc1C. The van der Waals surface area contributed by atoms with Gasteiger partial charge in [0.15, 0.2) is 6.61 Å². The van der Waals surface area contributed by atoms with Crippen LogP contribution >= 0.6 is 0 Å². The molecule has 170 valence electrons. The number of aromatic nitrogens is 2. The highest BCUT2D eigenvalue weighted by Crippen LogP contribution is 2.24. The van der Waals surface area contributed by atoms with E-state index in [0.717, 1.165) is 24.1 Å². The number of anilines is 1. The molecule has 0 unspecified atom stereocenters. The number of aryl methyl sites for hydroxylation is 4. The molecule has 8 nitrogen and oxygen atoms in total. The Morgan fingerprint density at radius 1 is 1.06 bits per heavy atom. The van der Waals surface area contributed by atoms with Gasteiger partial charge in [0, 0.05) is 31.2 Å². The predicted octanol–water partition coefficient (Wildman–Crippen LogP) is 3.19. The minimum absolute atomic E-state index is 0.129. The third-order valence-corrected chi connectivity index (χ3v) is 6.43. The van der Waals surface area contributed by atoms with Crippen molar-refractivity contribution in [3.63, 3.8) is 0 Å². The van der Waals surface area contributed by atoms with Gasteiger partial charge in [-0.15, -0.1) is 0 Å². The van der Waals surface area contributed by atoms with Crippen LogP contribution in [0.25, 0.3) is 0 Å². The van der Waals surface area contributed by atoms with Crippen LogP contribution in [0.3, 0.4) is 0 Å². The van der Waals surface area contributed by atoms with Gasteiger partial charge in [0.2, 0.25) is 0 Å². The molecule has 1 amide bonds. The van der Waals surface area contributed by atoms with E-state index in [1.54, 1.807) is 37.6 Å². The van der Waals surface area contributed by atoms with Crippen molar-refractivity contribution in [2.24, 2.45) is 0 Å². The fourth-order valence-electron chi connectivity index (χ4n) is 3.07. The first-order chi connectivity index (χ1) is 15.2. The Morgan fingerprint density at radius 2 is 1.88 bits per heavy atom. The Balaban J connectivity index is 1.52. The summed E-state index contributed by atoms with van der Waals surface area (Å²) in [4.78, 5) is 16.1. The van der Waals surface area contributed by atoms with Gasteiger partial charge in [-0.2, -0.15) is 0 Å². The Bertz CT molecular complexity index is 1170. The Labute approximate surface area is 188 Å². The Morgan fingerprint density at radius 3 is 2.56 bits per heavy atom. The second kappa shape index (κ2) is 10.3. The third kappa shape index (κ3) is 6.34. The van der Waals surface area contributed by atoms with Crippen LogP contribution in [-0.4, -0.2) is 37.0 Å². The summed E-state index contributed by atoms with van der Waals surface area (Å²) in [7, 11) is -3.74. The molecule has 0 bridgehead atoms. The van der Waals surface area contributed by atoms with Crippen molar-refractivity contribution >= 4 is 21.6 Å². The topological polar surface area (TPSA) is 102 Å². The first-order valence-electron chi connectivity index (χ1n) is 10.3. The lowest BCUT2D eigenvalue weighted by Gasteiger charge is -2.13.